The molecule has 0 bridgehead atoms. The fraction of sp³-hybridized carbons (Fsp3) is 0.333. The fourth-order valence-electron chi connectivity index (χ4n) is 3.36. The quantitative estimate of drug-likeness (QED) is 0.543. The molecule has 2 aromatic rings. The van der Waals surface area contributed by atoms with Crippen molar-refractivity contribution in [1.29, 1.82) is 10.5 Å². The van der Waals surface area contributed by atoms with E-state index in [1.54, 1.807) is 37.3 Å². The molecule has 1 fully saturated rings. The summed E-state index contributed by atoms with van der Waals surface area (Å²) < 4.78 is 0. The van der Waals surface area contributed by atoms with Gasteiger partial charge < -0.3 is 0 Å². The van der Waals surface area contributed by atoms with Gasteiger partial charge in [0.25, 0.3) is 0 Å². The highest BCUT2D eigenvalue weighted by Gasteiger charge is 2.58. The molecule has 8 nitrogen and oxygen atoms in total. The molecule has 1 aliphatic heterocycles. The molecular formula is C21H20N4O4. The van der Waals surface area contributed by atoms with Crippen LogP contribution in [-0.2, 0) is 9.68 Å². The molecule has 0 radical (unpaired) electrons. The number of nitriles is 2. The molecular weight excluding hydrogens is 372 g/mol. The maximum absolute atomic E-state index is 11.5. The summed E-state index contributed by atoms with van der Waals surface area (Å²) in [5.41, 5.74) is -0.440. The lowest BCUT2D eigenvalue weighted by atomic mass is 9.83. The van der Waals surface area contributed by atoms with Crippen LogP contribution in [0.3, 0.4) is 0 Å². The number of rotatable bonds is 6. The smallest absolute Gasteiger partial charge is 0.249 e. The first-order chi connectivity index (χ1) is 13.9. The Hall–Kier alpha value is -3.30. The molecule has 1 saturated heterocycles. The molecule has 0 spiro atoms. The molecule has 4 unspecified atom stereocenters. The first-order valence-electron chi connectivity index (χ1n) is 9.14. The van der Waals surface area contributed by atoms with Gasteiger partial charge in [-0.15, -0.1) is 0 Å². The molecule has 0 amide bonds. The van der Waals surface area contributed by atoms with Crippen LogP contribution in [0.2, 0.25) is 0 Å². The van der Waals surface area contributed by atoms with Gasteiger partial charge in [0.05, 0.1) is 0 Å². The van der Waals surface area contributed by atoms with Crippen molar-refractivity contribution in [3.63, 3.8) is 0 Å². The van der Waals surface area contributed by atoms with Gasteiger partial charge in [-0.25, -0.2) is 0 Å². The zero-order valence-corrected chi connectivity index (χ0v) is 16.0. The highest BCUT2D eigenvalue weighted by Crippen LogP contribution is 2.46. The van der Waals surface area contributed by atoms with Crippen LogP contribution in [0.4, 0.5) is 0 Å². The van der Waals surface area contributed by atoms with Gasteiger partial charge in [-0.2, -0.15) is 10.5 Å². The van der Waals surface area contributed by atoms with Gasteiger partial charge in [0.2, 0.25) is 11.6 Å². The Balaban J connectivity index is 1.99. The van der Waals surface area contributed by atoms with Crippen LogP contribution in [0.25, 0.3) is 0 Å². The molecule has 8 heteroatoms. The van der Waals surface area contributed by atoms with Gasteiger partial charge in [-0.1, -0.05) is 67.6 Å². The summed E-state index contributed by atoms with van der Waals surface area (Å²) >= 11 is 0. The van der Waals surface area contributed by atoms with E-state index < -0.39 is 34.6 Å². The topological polar surface area (TPSA) is 112 Å². The predicted molar refractivity (Wildman–Crippen MR) is 102 cm³/mol. The number of hydrogen-bond donors (Lipinski definition) is 0. The lowest BCUT2D eigenvalue weighted by Crippen LogP contribution is -2.46. The van der Waals surface area contributed by atoms with Crippen molar-refractivity contribution in [2.45, 2.75) is 37.6 Å². The van der Waals surface area contributed by atoms with Crippen LogP contribution in [0.5, 0.6) is 0 Å². The van der Waals surface area contributed by atoms with E-state index in [4.69, 9.17) is 9.68 Å². The molecule has 148 valence electrons. The van der Waals surface area contributed by atoms with Gasteiger partial charge in [-0.05, 0) is 16.4 Å². The minimum absolute atomic E-state index is 0.466. The Labute approximate surface area is 168 Å². The summed E-state index contributed by atoms with van der Waals surface area (Å²) in [6.45, 7) is 3.13. The van der Waals surface area contributed by atoms with E-state index in [9.17, 15) is 20.6 Å². The Morgan fingerprint density at radius 1 is 1.14 bits per heavy atom. The number of nitro groups is 1. The summed E-state index contributed by atoms with van der Waals surface area (Å²) in [6.07, 6.45) is -1.66. The zero-order chi connectivity index (χ0) is 21.0. The Morgan fingerprint density at radius 2 is 1.69 bits per heavy atom. The molecule has 0 saturated carbocycles. The SMILES string of the molecule is CC(C(ON1OC(c2ccccc2)C(C)C1(C#N)C#N)c1ccccc1)[N+](=O)[O-]. The molecule has 1 aliphatic rings. The lowest BCUT2D eigenvalue weighted by Gasteiger charge is -2.29. The van der Waals surface area contributed by atoms with E-state index >= 15 is 0 Å². The second kappa shape index (κ2) is 8.38. The van der Waals surface area contributed by atoms with Crippen LogP contribution in [0, 0.1) is 38.7 Å². The van der Waals surface area contributed by atoms with Gasteiger partial charge in [0, 0.05) is 17.8 Å². The highest BCUT2D eigenvalue weighted by molar-refractivity contribution is 5.30. The van der Waals surface area contributed by atoms with Crippen molar-refractivity contribution >= 4 is 0 Å². The lowest BCUT2D eigenvalue weighted by molar-refractivity contribution is -0.548. The third-order valence-electron chi connectivity index (χ3n) is 5.19. The minimum atomic E-state index is -1.76. The van der Waals surface area contributed by atoms with E-state index in [1.807, 2.05) is 42.5 Å². The van der Waals surface area contributed by atoms with E-state index in [-0.39, 0.29) is 0 Å². The number of hydrogen-bond acceptors (Lipinski definition) is 7. The van der Waals surface area contributed by atoms with Crippen molar-refractivity contribution in [2.75, 3.05) is 0 Å². The van der Waals surface area contributed by atoms with Crippen LogP contribution in [0.15, 0.2) is 60.7 Å². The molecule has 29 heavy (non-hydrogen) atoms. The molecule has 0 N–H and O–H groups in total. The largest absolute Gasteiger partial charge is 0.264 e. The summed E-state index contributed by atoms with van der Waals surface area (Å²) in [5.74, 6) is -0.567. The number of hydroxylamine groups is 2. The van der Waals surface area contributed by atoms with Crippen molar-refractivity contribution < 1.29 is 14.6 Å². The van der Waals surface area contributed by atoms with Crippen LogP contribution < -0.4 is 0 Å². The number of benzene rings is 2. The van der Waals surface area contributed by atoms with Gasteiger partial charge in [-0.3, -0.25) is 19.8 Å². The normalized spacial score (nSPS) is 22.9. The van der Waals surface area contributed by atoms with Gasteiger partial charge in [0.15, 0.2) is 6.10 Å². The Bertz CT molecular complexity index is 925. The van der Waals surface area contributed by atoms with Crippen molar-refractivity contribution in [2.24, 2.45) is 5.92 Å². The highest BCUT2D eigenvalue weighted by atomic mass is 17.0. The Morgan fingerprint density at radius 3 is 2.21 bits per heavy atom. The number of nitrogens with zero attached hydrogens (tertiary/aromatic N) is 4. The summed E-state index contributed by atoms with van der Waals surface area (Å²) in [4.78, 5) is 22.8. The minimum Gasteiger partial charge on any atom is -0.264 e. The molecule has 2 aromatic carbocycles. The second-order valence-electron chi connectivity index (χ2n) is 6.94. The van der Waals surface area contributed by atoms with E-state index in [2.05, 4.69) is 0 Å². The molecule has 0 aromatic heterocycles. The monoisotopic (exact) mass is 392 g/mol. The summed E-state index contributed by atoms with van der Waals surface area (Å²) in [7, 11) is 0. The van der Waals surface area contributed by atoms with Gasteiger partial charge in [0.1, 0.15) is 18.2 Å². The summed E-state index contributed by atoms with van der Waals surface area (Å²) in [6, 6.07) is 20.7. The predicted octanol–water partition coefficient (Wildman–Crippen LogP) is 3.74. The van der Waals surface area contributed by atoms with Crippen LogP contribution >= 0.6 is 0 Å². The molecule has 1 heterocycles. The zero-order valence-electron chi connectivity index (χ0n) is 16.0. The fourth-order valence-corrected chi connectivity index (χ4v) is 3.36. The average molecular weight is 392 g/mol. The van der Waals surface area contributed by atoms with Crippen LogP contribution in [0.1, 0.15) is 37.2 Å². The second-order valence-corrected chi connectivity index (χ2v) is 6.94. The van der Waals surface area contributed by atoms with E-state index in [1.165, 1.54) is 6.92 Å². The standard InChI is InChI=1S/C21H20N4O4/c1-15-19(17-9-5-3-6-10-17)28-25(21(15,13-22)14-23)29-20(16(2)24(26)27)18-11-7-4-8-12-18/h3-12,15-16,19-20H,1-2H3. The Kier molecular flexibility index (Phi) is 5.90. The third-order valence-corrected chi connectivity index (χ3v) is 5.19. The van der Waals surface area contributed by atoms with Crippen molar-refractivity contribution in [1.82, 2.24) is 5.23 Å². The van der Waals surface area contributed by atoms with Crippen LogP contribution in [-0.4, -0.2) is 21.7 Å². The van der Waals surface area contributed by atoms with Crippen molar-refractivity contribution in [3.8, 4) is 12.1 Å². The maximum atomic E-state index is 11.5. The van der Waals surface area contributed by atoms with E-state index in [0.29, 0.717) is 5.56 Å². The first kappa shape index (κ1) is 20.4. The maximum Gasteiger partial charge on any atom is 0.249 e. The van der Waals surface area contributed by atoms with E-state index in [0.717, 1.165) is 10.8 Å². The first-order valence-corrected chi connectivity index (χ1v) is 9.14. The van der Waals surface area contributed by atoms with Crippen molar-refractivity contribution in [3.05, 3.63) is 81.9 Å². The summed E-state index contributed by atoms with van der Waals surface area (Å²) in [5, 5.41) is 32.0. The third kappa shape index (κ3) is 3.69. The van der Waals surface area contributed by atoms with Gasteiger partial charge >= 0.3 is 0 Å². The molecule has 4 atom stereocenters. The molecule has 3 rings (SSSR count). The molecule has 0 aliphatic carbocycles. The average Bonchev–Trinajstić information content (AvgIpc) is 3.04.